The molecule has 0 saturated carbocycles. The molecular weight excluding hydrogens is 716 g/mol. The number of rotatable bonds is 6. The average Bonchev–Trinajstić information content (AvgIpc) is 2.91. The molecule has 1 aromatic heterocycles. The molecule has 1 heterocycles. The van der Waals surface area contributed by atoms with Crippen LogP contribution >= 0.6 is 0 Å². The molecule has 3 nitrogen and oxygen atoms in total. The van der Waals surface area contributed by atoms with Crippen LogP contribution in [0.5, 0.6) is 0 Å². The maximum Gasteiger partial charge on any atom is 0.416 e. The van der Waals surface area contributed by atoms with E-state index in [2.05, 4.69) is 11.1 Å². The Balaban J connectivity index is 0.000000334. The molecule has 0 unspecified atom stereocenters. The number of carbonyl (C=O) groups excluding carboxylic acids is 1. The van der Waals surface area contributed by atoms with Crippen molar-refractivity contribution < 1.29 is 43.2 Å². The summed E-state index contributed by atoms with van der Waals surface area (Å²) in [4.78, 5) is 16.3. The molecule has 0 amide bonds. The molecule has 0 aliphatic carbocycles. The van der Waals surface area contributed by atoms with E-state index in [1.165, 1.54) is 18.2 Å². The first-order valence-corrected chi connectivity index (χ1v) is 13.9. The number of aliphatic hydroxyl groups is 1. The number of hydrogen-bond acceptors (Lipinski definition) is 3. The van der Waals surface area contributed by atoms with Gasteiger partial charge in [-0.15, -0.1) is 34.9 Å². The first-order chi connectivity index (χ1) is 19.0. The van der Waals surface area contributed by atoms with Gasteiger partial charge in [0, 0.05) is 43.2 Å². The number of halogens is 3. The topological polar surface area (TPSA) is 50.2 Å². The predicted octanol–water partition coefficient (Wildman–Crippen LogP) is 10.4. The third kappa shape index (κ3) is 8.08. The van der Waals surface area contributed by atoms with Crippen molar-refractivity contribution in [3.8, 4) is 11.3 Å². The number of benzene rings is 3. The fourth-order valence-electron chi connectivity index (χ4n) is 4.27. The second-order valence-corrected chi connectivity index (χ2v) is 11.9. The van der Waals surface area contributed by atoms with Gasteiger partial charge in [-0.05, 0) is 58.3 Å². The Hall–Kier alpha value is -3.02. The van der Waals surface area contributed by atoms with E-state index in [-0.39, 0.29) is 42.5 Å². The van der Waals surface area contributed by atoms with Crippen LogP contribution in [-0.4, -0.2) is 15.9 Å². The average molecular weight is 755 g/mol. The summed E-state index contributed by atoms with van der Waals surface area (Å²) < 4.78 is 39.4. The second-order valence-electron chi connectivity index (χ2n) is 11.9. The Bertz CT molecular complexity index is 1580. The zero-order chi connectivity index (χ0) is 30.8. The number of fused-ring (bicyclic) bond motifs is 3. The number of alkyl halides is 3. The van der Waals surface area contributed by atoms with Gasteiger partial charge in [0.25, 0.3) is 0 Å². The zero-order valence-electron chi connectivity index (χ0n) is 25.5. The minimum Gasteiger partial charge on any atom is -0.512 e. The number of pyridine rings is 1. The Morgan fingerprint density at radius 3 is 2.07 bits per heavy atom. The maximum atomic E-state index is 13.1. The van der Waals surface area contributed by atoms with Crippen LogP contribution < -0.4 is 0 Å². The number of aryl methyl sites for hydroxylation is 2. The summed E-state index contributed by atoms with van der Waals surface area (Å²) in [5.74, 6) is 0.195. The van der Waals surface area contributed by atoms with Gasteiger partial charge in [-0.1, -0.05) is 73.6 Å². The molecule has 0 spiro atoms. The van der Waals surface area contributed by atoms with Crippen LogP contribution in [0.1, 0.15) is 71.1 Å². The van der Waals surface area contributed by atoms with E-state index in [0.717, 1.165) is 57.5 Å². The van der Waals surface area contributed by atoms with E-state index in [0.29, 0.717) is 5.39 Å². The van der Waals surface area contributed by atoms with E-state index >= 15 is 0 Å². The monoisotopic (exact) mass is 755 g/mol. The van der Waals surface area contributed by atoms with Crippen LogP contribution in [0.25, 0.3) is 32.8 Å². The molecule has 7 heteroatoms. The van der Waals surface area contributed by atoms with Crippen LogP contribution in [0.15, 0.2) is 66.6 Å². The summed E-state index contributed by atoms with van der Waals surface area (Å²) in [6, 6.07) is 16.7. The quantitative estimate of drug-likeness (QED) is 0.0923. The van der Waals surface area contributed by atoms with E-state index in [1.54, 1.807) is 12.3 Å². The van der Waals surface area contributed by atoms with Gasteiger partial charge < -0.3 is 10.1 Å². The number of aromatic nitrogens is 1. The minimum atomic E-state index is -4.37. The number of hydrogen-bond donors (Lipinski definition) is 1. The molecule has 0 fully saturated rings. The summed E-state index contributed by atoms with van der Waals surface area (Å²) in [6.45, 7) is 15.6. The molecule has 0 aliphatic heterocycles. The normalized spacial score (nSPS) is 12.5. The first-order valence-electron chi connectivity index (χ1n) is 13.9. The van der Waals surface area contributed by atoms with Crippen molar-refractivity contribution in [2.45, 2.75) is 74.4 Å². The fourth-order valence-corrected chi connectivity index (χ4v) is 4.27. The molecule has 0 saturated heterocycles. The second kappa shape index (κ2) is 13.5. The third-order valence-corrected chi connectivity index (χ3v) is 7.89. The van der Waals surface area contributed by atoms with Gasteiger partial charge in [-0.2, -0.15) is 13.2 Å². The van der Waals surface area contributed by atoms with Crippen LogP contribution in [0, 0.1) is 30.7 Å². The van der Waals surface area contributed by atoms with Crippen LogP contribution in [0.4, 0.5) is 13.2 Å². The molecule has 0 bridgehead atoms. The van der Waals surface area contributed by atoms with Crippen LogP contribution in [0.2, 0.25) is 0 Å². The van der Waals surface area contributed by atoms with Crippen molar-refractivity contribution in [1.29, 1.82) is 0 Å². The van der Waals surface area contributed by atoms with Gasteiger partial charge in [-0.3, -0.25) is 4.79 Å². The SMILES string of the molecule is CCC(C)(C)C(=O)/C=C(\O)C(C)(C)CC.Cc1[c-]c(-c2nccc3c2ccc2ccc(C(F)(F)F)cc23)cc(C)c1.[Ir]. The Morgan fingerprint density at radius 1 is 0.881 bits per heavy atom. The maximum absolute atomic E-state index is 13.1. The minimum absolute atomic E-state index is 0. The van der Waals surface area contributed by atoms with E-state index in [1.807, 2.05) is 79.7 Å². The van der Waals surface area contributed by atoms with Gasteiger partial charge in [0.05, 0.1) is 5.56 Å². The fraction of sp³-hybridized carbons (Fsp3) is 0.371. The molecule has 0 aliphatic rings. The van der Waals surface area contributed by atoms with Crippen molar-refractivity contribution in [1.82, 2.24) is 4.98 Å². The van der Waals surface area contributed by atoms with Crippen molar-refractivity contribution >= 4 is 27.3 Å². The van der Waals surface area contributed by atoms with Gasteiger partial charge in [-0.25, -0.2) is 0 Å². The van der Waals surface area contributed by atoms with Crippen molar-refractivity contribution in [3.63, 3.8) is 0 Å². The number of ketones is 1. The number of nitrogens with zero attached hydrogens (tertiary/aromatic N) is 1. The summed E-state index contributed by atoms with van der Waals surface area (Å²) in [5.41, 5.74) is 2.34. The molecule has 227 valence electrons. The van der Waals surface area contributed by atoms with Crippen molar-refractivity contribution in [2.75, 3.05) is 0 Å². The van der Waals surface area contributed by atoms with Crippen LogP contribution in [-0.2, 0) is 31.1 Å². The Labute approximate surface area is 260 Å². The summed E-state index contributed by atoms with van der Waals surface area (Å²) in [7, 11) is 0. The predicted molar refractivity (Wildman–Crippen MR) is 162 cm³/mol. The van der Waals surface area contributed by atoms with Crippen molar-refractivity contribution in [2.24, 2.45) is 10.8 Å². The Morgan fingerprint density at radius 2 is 1.50 bits per heavy atom. The Kier molecular flexibility index (Phi) is 11.3. The molecule has 42 heavy (non-hydrogen) atoms. The number of aliphatic hydroxyl groups excluding tert-OH is 1. The molecular formula is C35H39F3IrNO2-. The largest absolute Gasteiger partial charge is 0.512 e. The smallest absolute Gasteiger partial charge is 0.416 e. The van der Waals surface area contributed by atoms with Crippen molar-refractivity contribution in [3.05, 3.63) is 89.3 Å². The third-order valence-electron chi connectivity index (χ3n) is 7.89. The van der Waals surface area contributed by atoms with Gasteiger partial charge in [0.2, 0.25) is 0 Å². The van der Waals surface area contributed by atoms with E-state index in [4.69, 9.17) is 0 Å². The standard InChI is InChI=1S/C22H15F3N.C13H24O2.Ir/c1-13-9-14(2)11-16(10-13)21-19-6-4-15-3-5-17(22(23,24)25)12-20(15)18(19)7-8-26-21;1-7-12(3,4)10(14)9-11(15)13(5,6)8-2;/h3-10,12H,1-2H3;9,14H,7-8H2,1-6H3;/q-1;;/b;10-9-;. The first kappa shape index (κ1) is 35.2. The van der Waals surface area contributed by atoms with Gasteiger partial charge in [0.1, 0.15) is 5.76 Å². The molecule has 0 atom stereocenters. The van der Waals surface area contributed by atoms with Gasteiger partial charge >= 0.3 is 6.18 Å². The van der Waals surface area contributed by atoms with Crippen LogP contribution in [0.3, 0.4) is 0 Å². The molecule has 1 N–H and O–H groups in total. The number of carbonyl (C=O) groups is 1. The summed E-state index contributed by atoms with van der Waals surface area (Å²) in [5, 5.41) is 12.8. The van der Waals surface area contributed by atoms with Gasteiger partial charge in [0.15, 0.2) is 5.78 Å². The summed E-state index contributed by atoms with van der Waals surface area (Å²) >= 11 is 0. The molecule has 4 aromatic rings. The molecule has 4 rings (SSSR count). The zero-order valence-corrected chi connectivity index (χ0v) is 27.9. The number of allylic oxidation sites excluding steroid dienone is 2. The summed E-state index contributed by atoms with van der Waals surface area (Å²) in [6.07, 6.45) is 0.265. The van der Waals surface area contributed by atoms with E-state index < -0.39 is 11.7 Å². The molecule has 1 radical (unpaired) electrons. The van der Waals surface area contributed by atoms with E-state index in [9.17, 15) is 23.1 Å². The molecule has 3 aromatic carbocycles.